The molecule has 0 saturated carbocycles. The predicted molar refractivity (Wildman–Crippen MR) is 81.7 cm³/mol. The molecule has 0 saturated heterocycles. The number of aliphatic carboxylic acids is 1. The molecule has 0 aromatic heterocycles. The highest BCUT2D eigenvalue weighted by Crippen LogP contribution is 2.09. The molecule has 0 aromatic carbocycles. The number of ether oxygens (including phenoxy) is 1. The maximum atomic E-state index is 11.8. The van der Waals surface area contributed by atoms with Crippen LogP contribution in [0.5, 0.6) is 0 Å². The molecule has 4 N–H and O–H groups in total. The van der Waals surface area contributed by atoms with Crippen LogP contribution in [0.15, 0.2) is 24.3 Å². The fourth-order valence-electron chi connectivity index (χ4n) is 1.12. The highest BCUT2D eigenvalue weighted by Gasteiger charge is 2.24. The van der Waals surface area contributed by atoms with Crippen molar-refractivity contribution in [3.8, 4) is 0 Å². The highest BCUT2D eigenvalue weighted by molar-refractivity contribution is 8.14. The molecule has 0 aromatic rings. The lowest BCUT2D eigenvalue weighted by Gasteiger charge is -2.20. The van der Waals surface area contributed by atoms with Crippen LogP contribution in [0.25, 0.3) is 0 Å². The van der Waals surface area contributed by atoms with Gasteiger partial charge >= 0.3 is 5.97 Å². The van der Waals surface area contributed by atoms with Crippen LogP contribution in [-0.2, 0) is 23.9 Å². The van der Waals surface area contributed by atoms with Gasteiger partial charge in [0.15, 0.2) is 6.04 Å². The Hall–Kier alpha value is -2.13. The second-order valence-electron chi connectivity index (χ2n) is 4.83. The summed E-state index contributed by atoms with van der Waals surface area (Å²) in [6.07, 6.45) is 0. The van der Waals surface area contributed by atoms with E-state index in [9.17, 15) is 24.3 Å². The number of esters is 1. The maximum Gasteiger partial charge on any atom is 0.333 e. The molecule has 0 rings (SSSR count). The van der Waals surface area contributed by atoms with E-state index in [1.807, 2.05) is 0 Å². The van der Waals surface area contributed by atoms with Crippen molar-refractivity contribution < 1.29 is 34.8 Å². The largest absolute Gasteiger partial charge is 0.548 e. The van der Waals surface area contributed by atoms with E-state index >= 15 is 0 Å². The van der Waals surface area contributed by atoms with Crippen LogP contribution < -0.4 is 16.2 Å². The van der Waals surface area contributed by atoms with E-state index in [0.29, 0.717) is 5.57 Å². The van der Waals surface area contributed by atoms with Crippen LogP contribution in [0.2, 0.25) is 0 Å². The van der Waals surface area contributed by atoms with Crippen molar-refractivity contribution in [1.82, 2.24) is 5.32 Å². The average molecular weight is 344 g/mol. The van der Waals surface area contributed by atoms with Crippen LogP contribution in [0.3, 0.4) is 0 Å². The molecule has 128 valence electrons. The summed E-state index contributed by atoms with van der Waals surface area (Å²) < 4.78 is 4.67. The van der Waals surface area contributed by atoms with Crippen molar-refractivity contribution in [3.63, 3.8) is 0 Å². The Morgan fingerprint density at radius 1 is 1.22 bits per heavy atom. The van der Waals surface area contributed by atoms with E-state index in [1.165, 1.54) is 13.8 Å². The Labute approximate surface area is 138 Å². The van der Waals surface area contributed by atoms with Gasteiger partial charge in [0, 0.05) is 5.57 Å². The van der Waals surface area contributed by atoms with Gasteiger partial charge in [-0.3, -0.25) is 9.59 Å². The lowest BCUT2D eigenvalue weighted by Crippen LogP contribution is -2.70. The first-order chi connectivity index (χ1) is 10.6. The fraction of sp³-hybridized carbons (Fsp3) is 0.429. The van der Waals surface area contributed by atoms with Gasteiger partial charge in [-0.15, -0.1) is 0 Å². The van der Waals surface area contributed by atoms with Crippen molar-refractivity contribution in [2.45, 2.75) is 25.9 Å². The summed E-state index contributed by atoms with van der Waals surface area (Å²) in [5, 5.41) is 12.8. The molecular formula is C14H20N2O6S. The van der Waals surface area contributed by atoms with Gasteiger partial charge in [0.1, 0.15) is 12.6 Å². The summed E-state index contributed by atoms with van der Waals surface area (Å²) in [5.74, 6) is -3.03. The molecule has 8 nitrogen and oxygen atoms in total. The maximum absolute atomic E-state index is 11.8. The molecule has 1 amide bonds. The number of hydrogen-bond acceptors (Lipinski definition) is 7. The molecule has 0 spiro atoms. The van der Waals surface area contributed by atoms with Gasteiger partial charge < -0.3 is 25.7 Å². The Morgan fingerprint density at radius 3 is 2.22 bits per heavy atom. The third-order valence-corrected chi connectivity index (χ3v) is 3.65. The van der Waals surface area contributed by atoms with Gasteiger partial charge in [0.2, 0.25) is 5.12 Å². The standard InChI is InChI=1S/C14H20N2O6S/c1-7(2)13(20)22-5-10(12(18)19)16-11(17)9(15)6-23-14(21)8(3)4/h9-10H,1,3,5-6,15H2,2,4H3,(H,16,17)(H,18,19)/t9-,10-/m0/s1. The van der Waals surface area contributed by atoms with Crippen LogP contribution in [0, 0.1) is 0 Å². The third-order valence-electron chi connectivity index (χ3n) is 2.47. The number of rotatable bonds is 9. The minimum atomic E-state index is -1.61. The molecule has 0 radical (unpaired) electrons. The lowest BCUT2D eigenvalue weighted by molar-refractivity contribution is -0.396. The highest BCUT2D eigenvalue weighted by atomic mass is 32.2. The number of carboxylic acids is 1. The molecule has 2 atom stereocenters. The van der Waals surface area contributed by atoms with Gasteiger partial charge in [-0.2, -0.15) is 0 Å². The summed E-state index contributed by atoms with van der Waals surface area (Å²) >= 11 is 0.857. The van der Waals surface area contributed by atoms with E-state index in [4.69, 9.17) is 0 Å². The molecule has 23 heavy (non-hydrogen) atoms. The van der Waals surface area contributed by atoms with E-state index in [-0.39, 0.29) is 16.4 Å². The SMILES string of the molecule is C=C(C)C(=O)OC[C@H](NC(=O)[C@@H]([NH3+])CSC(=O)C(=C)C)C(=O)[O-]. The zero-order chi connectivity index (χ0) is 18.2. The average Bonchev–Trinajstić information content (AvgIpc) is 2.47. The summed E-state index contributed by atoms with van der Waals surface area (Å²) in [4.78, 5) is 45.4. The number of amides is 1. The number of nitrogens with one attached hydrogen (secondary N) is 1. The first-order valence-electron chi connectivity index (χ1n) is 6.55. The Kier molecular flexibility index (Phi) is 8.89. The van der Waals surface area contributed by atoms with Crippen molar-refractivity contribution in [2.75, 3.05) is 12.4 Å². The van der Waals surface area contributed by atoms with Crippen LogP contribution in [-0.4, -0.2) is 47.4 Å². The molecule has 0 aliphatic rings. The zero-order valence-electron chi connectivity index (χ0n) is 13.0. The minimum Gasteiger partial charge on any atom is -0.548 e. The fourth-order valence-corrected chi connectivity index (χ4v) is 1.87. The molecule has 0 aliphatic heterocycles. The number of carbonyl (C=O) groups excluding carboxylic acids is 4. The molecule has 9 heteroatoms. The first-order valence-corrected chi connectivity index (χ1v) is 7.54. The van der Waals surface area contributed by atoms with Crippen LogP contribution >= 0.6 is 11.8 Å². The number of thioether (sulfide) groups is 1. The van der Waals surface area contributed by atoms with Crippen molar-refractivity contribution in [2.24, 2.45) is 0 Å². The third kappa shape index (κ3) is 8.17. The quantitative estimate of drug-likeness (QED) is 0.357. The summed E-state index contributed by atoms with van der Waals surface area (Å²) in [5.41, 5.74) is 3.99. The summed E-state index contributed by atoms with van der Waals surface area (Å²) in [6, 6.07) is -2.39. The monoisotopic (exact) mass is 344 g/mol. The molecule has 0 fully saturated rings. The van der Waals surface area contributed by atoms with Crippen molar-refractivity contribution in [3.05, 3.63) is 24.3 Å². The predicted octanol–water partition coefficient (Wildman–Crippen LogP) is -2.21. The topological polar surface area (TPSA) is 140 Å². The second-order valence-corrected chi connectivity index (χ2v) is 5.83. The molecule has 0 unspecified atom stereocenters. The van der Waals surface area contributed by atoms with Gasteiger partial charge in [0.25, 0.3) is 5.91 Å². The normalized spacial score (nSPS) is 12.7. The lowest BCUT2D eigenvalue weighted by atomic mass is 10.2. The van der Waals surface area contributed by atoms with Crippen LogP contribution in [0.4, 0.5) is 0 Å². The summed E-state index contributed by atoms with van der Waals surface area (Å²) in [6.45, 7) is 9.16. The van der Waals surface area contributed by atoms with Gasteiger partial charge in [0.05, 0.1) is 11.7 Å². The Balaban J connectivity index is 4.51. The van der Waals surface area contributed by atoms with E-state index < -0.39 is 36.5 Å². The second kappa shape index (κ2) is 9.80. The van der Waals surface area contributed by atoms with Gasteiger partial charge in [-0.1, -0.05) is 24.9 Å². The van der Waals surface area contributed by atoms with E-state index in [2.05, 4.69) is 28.9 Å². The Bertz CT molecular complexity index is 531. The molecule has 0 heterocycles. The number of hydrogen-bond donors (Lipinski definition) is 2. The van der Waals surface area contributed by atoms with E-state index in [1.54, 1.807) is 0 Å². The first kappa shape index (κ1) is 20.9. The number of carbonyl (C=O) groups is 4. The minimum absolute atomic E-state index is 0.0584. The smallest absolute Gasteiger partial charge is 0.333 e. The number of carboxylic acid groups (broad SMARTS) is 1. The van der Waals surface area contributed by atoms with Crippen LogP contribution in [0.1, 0.15) is 13.8 Å². The van der Waals surface area contributed by atoms with Gasteiger partial charge in [-0.25, -0.2) is 4.79 Å². The van der Waals surface area contributed by atoms with Crippen molar-refractivity contribution >= 4 is 34.7 Å². The zero-order valence-corrected chi connectivity index (χ0v) is 13.9. The van der Waals surface area contributed by atoms with E-state index in [0.717, 1.165) is 11.8 Å². The Morgan fingerprint density at radius 2 is 1.78 bits per heavy atom. The van der Waals surface area contributed by atoms with Crippen molar-refractivity contribution in [1.29, 1.82) is 0 Å². The molecular weight excluding hydrogens is 324 g/mol. The number of quaternary nitrogens is 1. The molecule has 0 bridgehead atoms. The molecule has 0 aliphatic carbocycles. The van der Waals surface area contributed by atoms with Gasteiger partial charge in [-0.05, 0) is 19.4 Å². The summed E-state index contributed by atoms with van der Waals surface area (Å²) in [7, 11) is 0.